The zero-order valence-electron chi connectivity index (χ0n) is 13.8. The first-order chi connectivity index (χ1) is 9.42. The second kappa shape index (κ2) is 8.98. The highest BCUT2D eigenvalue weighted by atomic mass is 16.3. The van der Waals surface area contributed by atoms with E-state index in [2.05, 4.69) is 37.9 Å². The lowest BCUT2D eigenvalue weighted by Crippen LogP contribution is -2.51. The molecule has 0 saturated carbocycles. The predicted molar refractivity (Wildman–Crippen MR) is 85.7 cm³/mol. The summed E-state index contributed by atoms with van der Waals surface area (Å²) in [5, 5.41) is 13.8. The first-order valence-corrected chi connectivity index (χ1v) is 8.26. The topological polar surface area (TPSA) is 61.5 Å². The van der Waals surface area contributed by atoms with E-state index < -0.39 is 0 Å². The summed E-state index contributed by atoms with van der Waals surface area (Å²) in [4.78, 5) is 2.46. The zero-order valence-corrected chi connectivity index (χ0v) is 13.8. The molecule has 4 nitrogen and oxygen atoms in total. The third-order valence-corrected chi connectivity index (χ3v) is 4.22. The Balaban J connectivity index is 2.51. The summed E-state index contributed by atoms with van der Waals surface area (Å²) in [6.07, 6.45) is 1.92. The van der Waals surface area contributed by atoms with Crippen molar-refractivity contribution < 1.29 is 5.11 Å². The first kappa shape index (κ1) is 17.9. The van der Waals surface area contributed by atoms with Crippen LogP contribution >= 0.6 is 0 Å². The van der Waals surface area contributed by atoms with Gasteiger partial charge in [0.2, 0.25) is 0 Å². The van der Waals surface area contributed by atoms with Crippen molar-refractivity contribution in [2.24, 2.45) is 23.5 Å². The Kier molecular flexibility index (Phi) is 8.03. The molecule has 120 valence electrons. The standard InChI is InChI=1S/C16H35N3O/c1-12(2)9-18-15-7-14(8-16(20)13(3)4)10-19(11-15)6-5-17/h12-16,18,20H,5-11,17H2,1-4H3. The molecule has 1 rings (SSSR count). The van der Waals surface area contributed by atoms with Crippen molar-refractivity contribution in [1.29, 1.82) is 0 Å². The molecule has 0 aromatic heterocycles. The van der Waals surface area contributed by atoms with Crippen LogP contribution in [0.5, 0.6) is 0 Å². The fourth-order valence-electron chi connectivity index (χ4n) is 3.00. The highest BCUT2D eigenvalue weighted by molar-refractivity contribution is 4.85. The average molecular weight is 285 g/mol. The maximum absolute atomic E-state index is 10.1. The number of piperidine rings is 1. The SMILES string of the molecule is CC(C)CNC1CC(CC(O)C(C)C)CN(CCN)C1. The number of nitrogens with one attached hydrogen (secondary N) is 1. The Hall–Kier alpha value is -0.160. The van der Waals surface area contributed by atoms with Crippen LogP contribution in [-0.2, 0) is 0 Å². The van der Waals surface area contributed by atoms with Crippen LogP contribution in [0.25, 0.3) is 0 Å². The quantitative estimate of drug-likeness (QED) is 0.629. The van der Waals surface area contributed by atoms with E-state index in [1.54, 1.807) is 0 Å². The van der Waals surface area contributed by atoms with Crippen LogP contribution in [0.4, 0.5) is 0 Å². The predicted octanol–water partition coefficient (Wildman–Crippen LogP) is 1.29. The maximum atomic E-state index is 10.1. The molecule has 0 aromatic rings. The normalized spacial score (nSPS) is 26.4. The van der Waals surface area contributed by atoms with Crippen LogP contribution in [-0.4, -0.2) is 54.9 Å². The molecule has 0 aliphatic carbocycles. The summed E-state index contributed by atoms with van der Waals surface area (Å²) < 4.78 is 0. The molecule has 4 N–H and O–H groups in total. The van der Waals surface area contributed by atoms with Crippen molar-refractivity contribution >= 4 is 0 Å². The van der Waals surface area contributed by atoms with Gasteiger partial charge in [-0.2, -0.15) is 0 Å². The summed E-state index contributed by atoms with van der Waals surface area (Å²) >= 11 is 0. The number of aliphatic hydroxyl groups excluding tert-OH is 1. The van der Waals surface area contributed by atoms with Crippen LogP contribution < -0.4 is 11.1 Å². The van der Waals surface area contributed by atoms with Crippen molar-refractivity contribution in [2.45, 2.75) is 52.7 Å². The zero-order chi connectivity index (χ0) is 15.1. The number of rotatable bonds is 8. The number of nitrogens with zero attached hydrogens (tertiary/aromatic N) is 1. The summed E-state index contributed by atoms with van der Waals surface area (Å²) in [5.74, 6) is 1.61. The largest absolute Gasteiger partial charge is 0.393 e. The van der Waals surface area contributed by atoms with Crippen LogP contribution in [0, 0.1) is 17.8 Å². The van der Waals surface area contributed by atoms with Gasteiger partial charge in [-0.25, -0.2) is 0 Å². The molecule has 0 spiro atoms. The minimum absolute atomic E-state index is 0.177. The fourth-order valence-corrected chi connectivity index (χ4v) is 3.00. The molecular formula is C16H35N3O. The van der Waals surface area contributed by atoms with E-state index >= 15 is 0 Å². The Morgan fingerprint density at radius 2 is 1.95 bits per heavy atom. The van der Waals surface area contributed by atoms with Gasteiger partial charge in [0.05, 0.1) is 6.10 Å². The van der Waals surface area contributed by atoms with E-state index in [0.29, 0.717) is 23.8 Å². The summed E-state index contributed by atoms with van der Waals surface area (Å²) in [5.41, 5.74) is 5.71. The molecule has 1 aliphatic heterocycles. The Morgan fingerprint density at radius 1 is 1.25 bits per heavy atom. The van der Waals surface area contributed by atoms with Crippen LogP contribution in [0.3, 0.4) is 0 Å². The second-order valence-electron chi connectivity index (χ2n) is 7.20. The van der Waals surface area contributed by atoms with Gasteiger partial charge in [0.15, 0.2) is 0 Å². The first-order valence-electron chi connectivity index (χ1n) is 8.26. The minimum atomic E-state index is -0.177. The van der Waals surface area contributed by atoms with Gasteiger partial charge in [0, 0.05) is 32.2 Å². The Morgan fingerprint density at radius 3 is 2.50 bits per heavy atom. The summed E-state index contributed by atoms with van der Waals surface area (Å²) in [6.45, 7) is 13.6. The number of likely N-dealkylation sites (tertiary alicyclic amines) is 1. The summed E-state index contributed by atoms with van der Waals surface area (Å²) in [7, 11) is 0. The molecule has 3 unspecified atom stereocenters. The van der Waals surface area contributed by atoms with E-state index in [0.717, 1.165) is 39.1 Å². The van der Waals surface area contributed by atoms with E-state index in [4.69, 9.17) is 5.73 Å². The third-order valence-electron chi connectivity index (χ3n) is 4.22. The van der Waals surface area contributed by atoms with Gasteiger partial charge < -0.3 is 21.1 Å². The van der Waals surface area contributed by atoms with Crippen LogP contribution in [0.1, 0.15) is 40.5 Å². The Labute approximate surface area is 125 Å². The van der Waals surface area contributed by atoms with Crippen molar-refractivity contribution in [3.05, 3.63) is 0 Å². The lowest BCUT2D eigenvalue weighted by molar-refractivity contribution is 0.0622. The van der Waals surface area contributed by atoms with Crippen molar-refractivity contribution in [3.8, 4) is 0 Å². The molecule has 20 heavy (non-hydrogen) atoms. The molecule has 0 aromatic carbocycles. The molecule has 0 radical (unpaired) electrons. The molecular weight excluding hydrogens is 250 g/mol. The van der Waals surface area contributed by atoms with Crippen molar-refractivity contribution in [1.82, 2.24) is 10.2 Å². The van der Waals surface area contributed by atoms with Gasteiger partial charge >= 0.3 is 0 Å². The van der Waals surface area contributed by atoms with Gasteiger partial charge in [-0.05, 0) is 37.1 Å². The molecule has 1 fully saturated rings. The van der Waals surface area contributed by atoms with E-state index in [1.165, 1.54) is 6.42 Å². The molecule has 3 atom stereocenters. The maximum Gasteiger partial charge on any atom is 0.0566 e. The molecule has 1 heterocycles. The number of hydrogen-bond acceptors (Lipinski definition) is 4. The summed E-state index contributed by atoms with van der Waals surface area (Å²) in [6, 6.07) is 0.544. The van der Waals surface area contributed by atoms with Crippen LogP contribution in [0.15, 0.2) is 0 Å². The lowest BCUT2D eigenvalue weighted by Gasteiger charge is -2.39. The average Bonchev–Trinajstić information content (AvgIpc) is 2.36. The minimum Gasteiger partial charge on any atom is -0.393 e. The van der Waals surface area contributed by atoms with Crippen molar-refractivity contribution in [2.75, 3.05) is 32.7 Å². The molecule has 0 amide bonds. The van der Waals surface area contributed by atoms with Gasteiger partial charge in [0.25, 0.3) is 0 Å². The van der Waals surface area contributed by atoms with E-state index in [-0.39, 0.29) is 6.10 Å². The van der Waals surface area contributed by atoms with E-state index in [1.807, 2.05) is 0 Å². The van der Waals surface area contributed by atoms with Crippen LogP contribution in [0.2, 0.25) is 0 Å². The fraction of sp³-hybridized carbons (Fsp3) is 1.00. The number of hydrogen-bond donors (Lipinski definition) is 3. The molecule has 1 aliphatic rings. The van der Waals surface area contributed by atoms with Gasteiger partial charge in [0.1, 0.15) is 0 Å². The molecule has 0 bridgehead atoms. The third kappa shape index (κ3) is 6.53. The molecule has 1 saturated heterocycles. The highest BCUT2D eigenvalue weighted by Crippen LogP contribution is 2.23. The highest BCUT2D eigenvalue weighted by Gasteiger charge is 2.28. The number of nitrogens with two attached hydrogens (primary N) is 1. The van der Waals surface area contributed by atoms with E-state index in [9.17, 15) is 5.11 Å². The van der Waals surface area contributed by atoms with Crippen molar-refractivity contribution in [3.63, 3.8) is 0 Å². The van der Waals surface area contributed by atoms with Gasteiger partial charge in [-0.1, -0.05) is 27.7 Å². The molecule has 4 heteroatoms. The lowest BCUT2D eigenvalue weighted by atomic mass is 9.86. The second-order valence-corrected chi connectivity index (χ2v) is 7.20. The Bertz CT molecular complexity index is 258. The number of aliphatic hydroxyl groups is 1. The smallest absolute Gasteiger partial charge is 0.0566 e. The monoisotopic (exact) mass is 285 g/mol. The van der Waals surface area contributed by atoms with Gasteiger partial charge in [-0.3, -0.25) is 0 Å². The van der Waals surface area contributed by atoms with Gasteiger partial charge in [-0.15, -0.1) is 0 Å².